The van der Waals surface area contributed by atoms with Crippen molar-refractivity contribution in [2.75, 3.05) is 44.3 Å². The van der Waals surface area contributed by atoms with Crippen molar-refractivity contribution >= 4 is 17.5 Å². The molecular formula is C22H26N4O3. The molecule has 4 rings (SSSR count). The summed E-state index contributed by atoms with van der Waals surface area (Å²) in [6.07, 6.45) is 5.04. The number of hydrogen-bond acceptors (Lipinski definition) is 5. The van der Waals surface area contributed by atoms with E-state index in [1.807, 2.05) is 30.5 Å². The third-order valence-electron chi connectivity index (χ3n) is 5.51. The molecule has 0 radical (unpaired) electrons. The van der Waals surface area contributed by atoms with Crippen molar-refractivity contribution in [1.82, 2.24) is 15.2 Å². The molecule has 0 aliphatic carbocycles. The SMILES string of the molecule is O=C(NCC(c1cccnc1)N1CCOCC1)c1cccc(N2CCCC2=O)c1. The van der Waals surface area contributed by atoms with Gasteiger partial charge in [0.2, 0.25) is 5.91 Å². The van der Waals surface area contributed by atoms with Crippen molar-refractivity contribution < 1.29 is 14.3 Å². The molecule has 29 heavy (non-hydrogen) atoms. The number of pyridine rings is 1. The molecule has 2 aliphatic rings. The lowest BCUT2D eigenvalue weighted by Crippen LogP contribution is -2.43. The van der Waals surface area contributed by atoms with Crippen LogP contribution in [0.15, 0.2) is 48.8 Å². The van der Waals surface area contributed by atoms with Crippen molar-refractivity contribution in [1.29, 1.82) is 0 Å². The highest BCUT2D eigenvalue weighted by molar-refractivity contribution is 5.99. The summed E-state index contributed by atoms with van der Waals surface area (Å²) in [6, 6.07) is 11.3. The Morgan fingerprint density at radius 2 is 2.03 bits per heavy atom. The van der Waals surface area contributed by atoms with Gasteiger partial charge in [0.25, 0.3) is 5.91 Å². The molecule has 1 aromatic carbocycles. The highest BCUT2D eigenvalue weighted by Crippen LogP contribution is 2.23. The standard InChI is InChI=1S/C22H26N4O3/c27-21-7-3-9-26(21)19-6-1-4-17(14-19)22(28)24-16-20(18-5-2-8-23-15-18)25-10-12-29-13-11-25/h1-2,4-6,8,14-15,20H,3,7,9-13,16H2,(H,24,28). The molecule has 0 bridgehead atoms. The third kappa shape index (κ3) is 4.63. The fourth-order valence-electron chi connectivity index (χ4n) is 3.95. The largest absolute Gasteiger partial charge is 0.379 e. The van der Waals surface area contributed by atoms with Crippen LogP contribution in [0.1, 0.15) is 34.8 Å². The van der Waals surface area contributed by atoms with Gasteiger partial charge in [-0.3, -0.25) is 19.5 Å². The van der Waals surface area contributed by atoms with Crippen molar-refractivity contribution in [3.8, 4) is 0 Å². The maximum absolute atomic E-state index is 12.8. The van der Waals surface area contributed by atoms with Crippen molar-refractivity contribution in [2.45, 2.75) is 18.9 Å². The molecule has 1 N–H and O–H groups in total. The Bertz CT molecular complexity index is 852. The van der Waals surface area contributed by atoms with Gasteiger partial charge in [-0.2, -0.15) is 0 Å². The first kappa shape index (κ1) is 19.5. The summed E-state index contributed by atoms with van der Waals surface area (Å²) in [5, 5.41) is 3.07. The molecule has 2 aliphatic heterocycles. The summed E-state index contributed by atoms with van der Waals surface area (Å²) in [5.41, 5.74) is 2.43. The van der Waals surface area contributed by atoms with E-state index in [0.29, 0.717) is 38.3 Å². The summed E-state index contributed by atoms with van der Waals surface area (Å²) in [5.74, 6) is -0.0211. The van der Waals surface area contributed by atoms with Gasteiger partial charge in [0.05, 0.1) is 19.3 Å². The predicted octanol–water partition coefficient (Wildman–Crippen LogP) is 2.01. The van der Waals surface area contributed by atoms with Gasteiger partial charge in [0.15, 0.2) is 0 Å². The monoisotopic (exact) mass is 394 g/mol. The number of ether oxygens (including phenoxy) is 1. The van der Waals surface area contributed by atoms with Crippen LogP contribution in [-0.2, 0) is 9.53 Å². The third-order valence-corrected chi connectivity index (χ3v) is 5.51. The number of carbonyl (C=O) groups is 2. The molecule has 2 fully saturated rings. The number of hydrogen-bond donors (Lipinski definition) is 1. The quantitative estimate of drug-likeness (QED) is 0.811. The highest BCUT2D eigenvalue weighted by atomic mass is 16.5. The van der Waals surface area contributed by atoms with E-state index in [0.717, 1.165) is 30.8 Å². The van der Waals surface area contributed by atoms with Gasteiger partial charge in [0.1, 0.15) is 0 Å². The average molecular weight is 394 g/mol. The number of benzene rings is 1. The predicted molar refractivity (Wildman–Crippen MR) is 110 cm³/mol. The van der Waals surface area contributed by atoms with E-state index in [2.05, 4.69) is 15.2 Å². The van der Waals surface area contributed by atoms with Crippen LogP contribution in [0.4, 0.5) is 5.69 Å². The van der Waals surface area contributed by atoms with E-state index in [1.165, 1.54) is 0 Å². The number of carbonyl (C=O) groups excluding carboxylic acids is 2. The van der Waals surface area contributed by atoms with Gasteiger partial charge in [-0.25, -0.2) is 0 Å². The number of rotatable bonds is 6. The Hall–Kier alpha value is -2.77. The van der Waals surface area contributed by atoms with Crippen molar-refractivity contribution in [3.05, 3.63) is 59.9 Å². The maximum atomic E-state index is 12.8. The van der Waals surface area contributed by atoms with E-state index < -0.39 is 0 Å². The summed E-state index contributed by atoms with van der Waals surface area (Å²) in [7, 11) is 0. The second-order valence-electron chi connectivity index (χ2n) is 7.36. The minimum atomic E-state index is -0.138. The summed E-state index contributed by atoms with van der Waals surface area (Å²) >= 11 is 0. The first-order valence-corrected chi connectivity index (χ1v) is 10.1. The van der Waals surface area contributed by atoms with E-state index in [-0.39, 0.29) is 17.9 Å². The molecule has 3 heterocycles. The minimum Gasteiger partial charge on any atom is -0.379 e. The normalized spacial score (nSPS) is 18.6. The van der Waals surface area contributed by atoms with E-state index >= 15 is 0 Å². The topological polar surface area (TPSA) is 74.8 Å². The van der Waals surface area contributed by atoms with Gasteiger partial charge in [-0.1, -0.05) is 12.1 Å². The summed E-state index contributed by atoms with van der Waals surface area (Å²) in [6.45, 7) is 4.22. The van der Waals surface area contributed by atoms with Crippen LogP contribution in [0.2, 0.25) is 0 Å². The molecule has 2 saturated heterocycles. The number of nitrogens with zero attached hydrogens (tertiary/aromatic N) is 3. The first-order valence-electron chi connectivity index (χ1n) is 10.1. The molecule has 7 nitrogen and oxygen atoms in total. The summed E-state index contributed by atoms with van der Waals surface area (Å²) < 4.78 is 5.47. The molecule has 2 aromatic rings. The number of nitrogens with one attached hydrogen (secondary N) is 1. The van der Waals surface area contributed by atoms with E-state index in [1.54, 1.807) is 23.2 Å². The first-order chi connectivity index (χ1) is 14.2. The molecule has 0 saturated carbocycles. The fourth-order valence-corrected chi connectivity index (χ4v) is 3.95. The number of aromatic nitrogens is 1. The van der Waals surface area contributed by atoms with Gasteiger partial charge in [-0.05, 0) is 36.2 Å². The number of amides is 2. The van der Waals surface area contributed by atoms with Gasteiger partial charge >= 0.3 is 0 Å². The van der Waals surface area contributed by atoms with Crippen molar-refractivity contribution in [2.24, 2.45) is 0 Å². The van der Waals surface area contributed by atoms with Crippen LogP contribution in [0.25, 0.3) is 0 Å². The minimum absolute atomic E-state index is 0.0416. The van der Waals surface area contributed by atoms with Gasteiger partial charge < -0.3 is 15.0 Å². The van der Waals surface area contributed by atoms with Gasteiger partial charge in [-0.15, -0.1) is 0 Å². The summed E-state index contributed by atoms with van der Waals surface area (Å²) in [4.78, 5) is 33.2. The van der Waals surface area contributed by atoms with E-state index in [4.69, 9.17) is 4.74 Å². The number of morpholine rings is 1. The van der Waals surface area contributed by atoms with Crippen LogP contribution in [-0.4, -0.2) is 61.1 Å². The molecule has 2 amide bonds. The molecular weight excluding hydrogens is 368 g/mol. The van der Waals surface area contributed by atoms with Crippen LogP contribution in [0.3, 0.4) is 0 Å². The average Bonchev–Trinajstić information content (AvgIpc) is 3.21. The molecule has 7 heteroatoms. The second kappa shape index (κ2) is 9.15. The molecule has 1 unspecified atom stereocenters. The van der Waals surface area contributed by atoms with E-state index in [9.17, 15) is 9.59 Å². The molecule has 1 aromatic heterocycles. The van der Waals surface area contributed by atoms with Crippen molar-refractivity contribution in [3.63, 3.8) is 0 Å². The Morgan fingerprint density at radius 3 is 2.76 bits per heavy atom. The highest BCUT2D eigenvalue weighted by Gasteiger charge is 2.25. The zero-order valence-corrected chi connectivity index (χ0v) is 16.4. The van der Waals surface area contributed by atoms with Gasteiger partial charge in [0, 0.05) is 56.2 Å². The zero-order valence-electron chi connectivity index (χ0n) is 16.4. The maximum Gasteiger partial charge on any atom is 0.251 e. The Balaban J connectivity index is 1.46. The zero-order chi connectivity index (χ0) is 20.1. The smallest absolute Gasteiger partial charge is 0.251 e. The lowest BCUT2D eigenvalue weighted by molar-refractivity contribution is -0.117. The number of anilines is 1. The second-order valence-corrected chi connectivity index (χ2v) is 7.36. The lowest BCUT2D eigenvalue weighted by Gasteiger charge is -2.34. The fraction of sp³-hybridized carbons (Fsp3) is 0.409. The molecule has 1 atom stereocenters. The molecule has 152 valence electrons. The van der Waals surface area contributed by atoms with Crippen LogP contribution >= 0.6 is 0 Å². The Kier molecular flexibility index (Phi) is 6.17. The van der Waals surface area contributed by atoms with Crippen LogP contribution < -0.4 is 10.2 Å². The van der Waals surface area contributed by atoms with Crippen LogP contribution in [0, 0.1) is 0 Å². The molecule has 0 spiro atoms. The Labute approximate surface area is 170 Å². The Morgan fingerprint density at radius 1 is 1.17 bits per heavy atom. The van der Waals surface area contributed by atoms with Crippen LogP contribution in [0.5, 0.6) is 0 Å². The lowest BCUT2D eigenvalue weighted by atomic mass is 10.1.